The Kier molecular flexibility index (Phi) is 2.04. The summed E-state index contributed by atoms with van der Waals surface area (Å²) in [6.07, 6.45) is 6.59. The van der Waals surface area contributed by atoms with E-state index in [1.807, 2.05) is 0 Å². The van der Waals surface area contributed by atoms with Crippen LogP contribution in [0, 0.1) is 0 Å². The molecule has 2 aliphatic rings. The van der Waals surface area contributed by atoms with E-state index < -0.39 is 0 Å². The molecule has 0 atom stereocenters. The first kappa shape index (κ1) is 11.5. The number of nitrogens with zero attached hydrogens (tertiary/aromatic N) is 2. The van der Waals surface area contributed by atoms with Crippen LogP contribution >= 0.6 is 0 Å². The fourth-order valence-corrected chi connectivity index (χ4v) is 4.42. The molecule has 3 heteroatoms. The largest absolute Gasteiger partial charge is 0.362 e. The quantitative estimate of drug-likeness (QED) is 0.367. The van der Waals surface area contributed by atoms with E-state index in [1.54, 1.807) is 5.46 Å². The number of hydrogen-bond acceptors (Lipinski definition) is 0. The lowest BCUT2D eigenvalue weighted by Gasteiger charge is -2.32. The maximum Gasteiger partial charge on any atom is 0.284 e. The number of rotatable bonds is 0. The average molecular weight is 272 g/mol. The highest BCUT2D eigenvalue weighted by atomic mass is 14.9. The van der Waals surface area contributed by atoms with Crippen LogP contribution in [0.2, 0.25) is 0 Å². The van der Waals surface area contributed by atoms with Crippen LogP contribution in [0.4, 0.5) is 0 Å². The molecule has 0 aliphatic carbocycles. The van der Waals surface area contributed by atoms with Crippen molar-refractivity contribution < 1.29 is 0 Å². The Balaban J connectivity index is 1.91. The Labute approximate surface area is 125 Å². The molecule has 0 spiro atoms. The highest BCUT2D eigenvalue weighted by molar-refractivity contribution is 6.96. The molecule has 0 saturated carbocycles. The molecule has 3 aromatic rings. The van der Waals surface area contributed by atoms with Gasteiger partial charge < -0.3 is 9.13 Å². The van der Waals surface area contributed by atoms with Crippen LogP contribution in [-0.4, -0.2) is 15.8 Å². The van der Waals surface area contributed by atoms with Crippen LogP contribution in [0.3, 0.4) is 0 Å². The topological polar surface area (TPSA) is 9.86 Å². The van der Waals surface area contributed by atoms with Gasteiger partial charge in [0.25, 0.3) is 6.71 Å². The van der Waals surface area contributed by atoms with Gasteiger partial charge in [-0.05, 0) is 58.4 Å². The Bertz CT molecular complexity index is 816. The zero-order valence-electron chi connectivity index (χ0n) is 12.4. The van der Waals surface area contributed by atoms with Gasteiger partial charge >= 0.3 is 0 Å². The molecule has 2 aromatic heterocycles. The first-order valence-corrected chi connectivity index (χ1v) is 7.63. The second-order valence-corrected chi connectivity index (χ2v) is 6.45. The van der Waals surface area contributed by atoms with Gasteiger partial charge in [-0.15, -0.1) is 0 Å². The van der Waals surface area contributed by atoms with E-state index >= 15 is 0 Å². The molecule has 2 aliphatic heterocycles. The number of fused-ring (bicyclic) bond motifs is 4. The molecule has 5 rings (SSSR count). The van der Waals surface area contributed by atoms with Gasteiger partial charge in [0, 0.05) is 26.5 Å². The molecule has 4 heterocycles. The maximum atomic E-state index is 2.32. The van der Waals surface area contributed by atoms with Crippen molar-refractivity contribution in [3.05, 3.63) is 65.0 Å². The smallest absolute Gasteiger partial charge is 0.284 e. The first-order chi connectivity index (χ1) is 10.2. The molecule has 0 fully saturated rings. The number of hydrogen-bond donors (Lipinski definition) is 0. The van der Waals surface area contributed by atoms with Crippen molar-refractivity contribution in [2.24, 2.45) is 14.1 Å². The Morgan fingerprint density at radius 1 is 0.762 bits per heavy atom. The standard InChI is InChI=1S/C18H17BN2/c1-20-8-6-14-10-12-4-3-5-13-11-15-7-9-21(2)18(15)19(16(12)13)17(14)20/h3-9H,10-11H2,1-2H3. The second kappa shape index (κ2) is 3.73. The van der Waals surface area contributed by atoms with Crippen molar-refractivity contribution in [3.8, 4) is 0 Å². The molecule has 0 unspecified atom stereocenters. The fourth-order valence-electron chi connectivity index (χ4n) is 4.42. The van der Waals surface area contributed by atoms with Gasteiger partial charge in [0.1, 0.15) is 0 Å². The molecule has 0 radical (unpaired) electrons. The van der Waals surface area contributed by atoms with Gasteiger partial charge in [0.15, 0.2) is 0 Å². The summed E-state index contributed by atoms with van der Waals surface area (Å²) in [4.78, 5) is 0. The van der Waals surface area contributed by atoms with E-state index in [4.69, 9.17) is 0 Å². The first-order valence-electron chi connectivity index (χ1n) is 7.63. The van der Waals surface area contributed by atoms with Gasteiger partial charge in [-0.1, -0.05) is 23.7 Å². The average Bonchev–Trinajstić information content (AvgIpc) is 3.03. The van der Waals surface area contributed by atoms with Crippen LogP contribution in [0.1, 0.15) is 22.3 Å². The van der Waals surface area contributed by atoms with Gasteiger partial charge in [-0.25, -0.2) is 0 Å². The van der Waals surface area contributed by atoms with Crippen molar-refractivity contribution in [3.63, 3.8) is 0 Å². The van der Waals surface area contributed by atoms with Gasteiger partial charge in [-0.2, -0.15) is 0 Å². The summed E-state index contributed by atoms with van der Waals surface area (Å²) in [6.45, 7) is 0.406. The minimum atomic E-state index is 0.406. The molecule has 0 amide bonds. The Hall–Kier alpha value is -2.16. The van der Waals surface area contributed by atoms with Crippen LogP contribution in [-0.2, 0) is 26.9 Å². The predicted octanol–water partition coefficient (Wildman–Crippen LogP) is 0.688. The normalized spacial score (nSPS) is 14.7. The van der Waals surface area contributed by atoms with Crippen molar-refractivity contribution in [1.29, 1.82) is 0 Å². The fraction of sp³-hybridized carbons (Fsp3) is 0.222. The van der Waals surface area contributed by atoms with Crippen LogP contribution < -0.4 is 16.6 Å². The van der Waals surface area contributed by atoms with Crippen molar-refractivity contribution in [2.75, 3.05) is 0 Å². The van der Waals surface area contributed by atoms with E-state index in [0.717, 1.165) is 12.8 Å². The molecule has 2 nitrogen and oxygen atoms in total. The van der Waals surface area contributed by atoms with Crippen LogP contribution in [0.5, 0.6) is 0 Å². The number of aryl methyl sites for hydroxylation is 2. The third-order valence-electron chi connectivity index (χ3n) is 5.30. The van der Waals surface area contributed by atoms with E-state index in [0.29, 0.717) is 6.71 Å². The summed E-state index contributed by atoms with van der Waals surface area (Å²) < 4.78 is 4.64. The van der Waals surface area contributed by atoms with Gasteiger partial charge in [0.2, 0.25) is 0 Å². The highest BCUT2D eigenvalue weighted by Gasteiger charge is 2.39. The minimum absolute atomic E-state index is 0.406. The summed E-state index contributed by atoms with van der Waals surface area (Å²) in [7, 11) is 4.37. The molecule has 102 valence electrons. The molecule has 1 aromatic carbocycles. The van der Waals surface area contributed by atoms with Crippen molar-refractivity contribution in [2.45, 2.75) is 12.8 Å². The minimum Gasteiger partial charge on any atom is -0.362 e. The zero-order valence-corrected chi connectivity index (χ0v) is 12.4. The maximum absolute atomic E-state index is 2.32. The molecule has 0 bridgehead atoms. The molecular weight excluding hydrogens is 255 g/mol. The summed E-state index contributed by atoms with van der Waals surface area (Å²) >= 11 is 0. The van der Waals surface area contributed by atoms with Crippen LogP contribution in [0.25, 0.3) is 0 Å². The van der Waals surface area contributed by atoms with E-state index in [-0.39, 0.29) is 0 Å². The lowest BCUT2D eigenvalue weighted by molar-refractivity contribution is 0.934. The monoisotopic (exact) mass is 272 g/mol. The van der Waals surface area contributed by atoms with E-state index in [9.17, 15) is 0 Å². The highest BCUT2D eigenvalue weighted by Crippen LogP contribution is 2.22. The third kappa shape index (κ3) is 1.34. The van der Waals surface area contributed by atoms with Gasteiger partial charge in [-0.3, -0.25) is 0 Å². The van der Waals surface area contributed by atoms with Crippen molar-refractivity contribution in [1.82, 2.24) is 9.13 Å². The summed E-state index contributed by atoms with van der Waals surface area (Å²) in [5, 5.41) is 0. The lowest BCUT2D eigenvalue weighted by atomic mass is 9.33. The van der Waals surface area contributed by atoms with Crippen molar-refractivity contribution >= 4 is 23.4 Å². The van der Waals surface area contributed by atoms with Gasteiger partial charge in [0.05, 0.1) is 0 Å². The predicted molar refractivity (Wildman–Crippen MR) is 87.5 cm³/mol. The number of aromatic nitrogens is 2. The molecule has 21 heavy (non-hydrogen) atoms. The summed E-state index contributed by atoms with van der Waals surface area (Å²) in [5.74, 6) is 0. The summed E-state index contributed by atoms with van der Waals surface area (Å²) in [5.41, 5.74) is 10.5. The lowest BCUT2D eigenvalue weighted by Crippen LogP contribution is -2.63. The van der Waals surface area contributed by atoms with E-state index in [2.05, 4.69) is 66.0 Å². The third-order valence-corrected chi connectivity index (χ3v) is 5.30. The number of benzene rings is 1. The Morgan fingerprint density at radius 2 is 1.29 bits per heavy atom. The molecule has 0 N–H and O–H groups in total. The second-order valence-electron chi connectivity index (χ2n) is 6.45. The SMILES string of the molecule is Cn1ccc2c1B1c3c(cccc3Cc3ccn(C)c31)C2. The Morgan fingerprint density at radius 3 is 1.81 bits per heavy atom. The van der Waals surface area contributed by atoms with E-state index in [1.165, 1.54) is 33.4 Å². The zero-order chi connectivity index (χ0) is 14.1. The molecule has 0 saturated heterocycles. The summed E-state index contributed by atoms with van der Waals surface area (Å²) in [6, 6.07) is 11.4. The molecular formula is C18H17BN2. The van der Waals surface area contributed by atoms with Crippen LogP contribution in [0.15, 0.2) is 42.7 Å².